The molecule has 1 aromatic heterocycles. The normalized spacial score (nSPS) is 10.4. The van der Waals surface area contributed by atoms with Crippen molar-refractivity contribution in [3.63, 3.8) is 0 Å². The Labute approximate surface area is 103 Å². The average Bonchev–Trinajstić information content (AvgIpc) is 2.59. The molecule has 0 atom stereocenters. The van der Waals surface area contributed by atoms with Crippen LogP contribution in [-0.2, 0) is 13.6 Å². The predicted molar refractivity (Wildman–Crippen MR) is 64.8 cm³/mol. The summed E-state index contributed by atoms with van der Waals surface area (Å²) in [5.41, 5.74) is 1.86. The fraction of sp³-hybridized carbons (Fsp3) is 0.200. The molecule has 0 saturated carbocycles. The molecule has 1 N–H and O–H groups in total. The molecule has 0 aliphatic heterocycles. The van der Waals surface area contributed by atoms with Gasteiger partial charge in [-0.1, -0.05) is 28.4 Å². The van der Waals surface area contributed by atoms with Gasteiger partial charge in [-0.05, 0) is 18.2 Å². The molecule has 0 amide bonds. The van der Waals surface area contributed by atoms with E-state index in [1.54, 1.807) is 16.9 Å². The third kappa shape index (κ3) is 2.65. The van der Waals surface area contributed by atoms with Gasteiger partial charge in [0.05, 0.1) is 18.4 Å². The first-order valence-corrected chi connectivity index (χ1v) is 5.44. The molecule has 0 saturated heterocycles. The molecule has 1 aromatic carbocycles. The van der Waals surface area contributed by atoms with Crippen molar-refractivity contribution in [2.45, 2.75) is 6.54 Å². The van der Waals surface area contributed by atoms with E-state index in [-0.39, 0.29) is 0 Å². The SMILES string of the molecule is Cn1nncc1CNc1cc(Cl)cc(Cl)c1. The van der Waals surface area contributed by atoms with Gasteiger partial charge in [-0.3, -0.25) is 4.68 Å². The first-order chi connectivity index (χ1) is 7.65. The summed E-state index contributed by atoms with van der Waals surface area (Å²) in [5, 5.41) is 12.0. The molecule has 0 spiro atoms. The second kappa shape index (κ2) is 4.72. The molecule has 1 heterocycles. The standard InChI is InChI=1S/C10H10Cl2N4/c1-16-10(6-14-15-16)5-13-9-3-7(11)2-8(12)4-9/h2-4,6,13H,5H2,1H3. The lowest BCUT2D eigenvalue weighted by Crippen LogP contribution is -2.05. The van der Waals surface area contributed by atoms with E-state index in [9.17, 15) is 0 Å². The van der Waals surface area contributed by atoms with Crippen LogP contribution in [0.5, 0.6) is 0 Å². The summed E-state index contributed by atoms with van der Waals surface area (Å²) in [6.07, 6.45) is 1.71. The summed E-state index contributed by atoms with van der Waals surface area (Å²) < 4.78 is 1.71. The maximum absolute atomic E-state index is 5.89. The molecule has 0 fully saturated rings. The molecular weight excluding hydrogens is 247 g/mol. The molecular formula is C10H10Cl2N4. The number of hydrogen-bond donors (Lipinski definition) is 1. The maximum atomic E-state index is 5.89. The summed E-state index contributed by atoms with van der Waals surface area (Å²) in [6.45, 7) is 0.625. The third-order valence-electron chi connectivity index (χ3n) is 2.14. The minimum atomic E-state index is 0.609. The van der Waals surface area contributed by atoms with Gasteiger partial charge >= 0.3 is 0 Å². The van der Waals surface area contributed by atoms with Gasteiger partial charge in [0, 0.05) is 22.8 Å². The monoisotopic (exact) mass is 256 g/mol. The Hall–Kier alpha value is -1.26. The van der Waals surface area contributed by atoms with Crippen molar-refractivity contribution in [2.75, 3.05) is 5.32 Å². The van der Waals surface area contributed by atoms with Gasteiger partial charge in [-0.15, -0.1) is 5.10 Å². The molecule has 0 aliphatic carbocycles. The van der Waals surface area contributed by atoms with E-state index < -0.39 is 0 Å². The van der Waals surface area contributed by atoms with Gasteiger partial charge in [-0.25, -0.2) is 0 Å². The zero-order chi connectivity index (χ0) is 11.5. The smallest absolute Gasteiger partial charge is 0.0774 e. The van der Waals surface area contributed by atoms with Crippen molar-refractivity contribution in [1.82, 2.24) is 15.0 Å². The Morgan fingerprint density at radius 2 is 1.94 bits per heavy atom. The Balaban J connectivity index is 2.07. The summed E-state index contributed by atoms with van der Waals surface area (Å²) in [6, 6.07) is 5.33. The molecule has 16 heavy (non-hydrogen) atoms. The Kier molecular flexibility index (Phi) is 3.31. The van der Waals surface area contributed by atoms with E-state index in [2.05, 4.69) is 15.6 Å². The zero-order valence-electron chi connectivity index (χ0n) is 8.61. The van der Waals surface area contributed by atoms with Gasteiger partial charge in [0.2, 0.25) is 0 Å². The highest BCUT2D eigenvalue weighted by molar-refractivity contribution is 6.35. The number of anilines is 1. The van der Waals surface area contributed by atoms with E-state index in [1.807, 2.05) is 19.2 Å². The van der Waals surface area contributed by atoms with Crippen LogP contribution in [0.2, 0.25) is 10.0 Å². The first-order valence-electron chi connectivity index (χ1n) is 4.68. The van der Waals surface area contributed by atoms with Crippen LogP contribution in [0.4, 0.5) is 5.69 Å². The molecule has 0 radical (unpaired) electrons. The van der Waals surface area contributed by atoms with Crippen molar-refractivity contribution in [3.05, 3.63) is 40.1 Å². The molecule has 6 heteroatoms. The first kappa shape index (κ1) is 11.2. The van der Waals surface area contributed by atoms with Crippen LogP contribution in [0.3, 0.4) is 0 Å². The fourth-order valence-corrected chi connectivity index (χ4v) is 1.85. The number of aryl methyl sites for hydroxylation is 1. The minimum Gasteiger partial charge on any atom is -0.379 e. The summed E-state index contributed by atoms with van der Waals surface area (Å²) >= 11 is 11.8. The lowest BCUT2D eigenvalue weighted by Gasteiger charge is -2.06. The lowest BCUT2D eigenvalue weighted by molar-refractivity contribution is 0.683. The lowest BCUT2D eigenvalue weighted by atomic mass is 10.3. The van der Waals surface area contributed by atoms with E-state index in [0.29, 0.717) is 16.6 Å². The van der Waals surface area contributed by atoms with Crippen LogP contribution < -0.4 is 5.32 Å². The number of hydrogen-bond acceptors (Lipinski definition) is 3. The number of aromatic nitrogens is 3. The quantitative estimate of drug-likeness (QED) is 0.919. The maximum Gasteiger partial charge on any atom is 0.0774 e. The van der Waals surface area contributed by atoms with E-state index in [4.69, 9.17) is 23.2 Å². The van der Waals surface area contributed by atoms with E-state index in [0.717, 1.165) is 11.4 Å². The highest BCUT2D eigenvalue weighted by Crippen LogP contribution is 2.22. The second-order valence-electron chi connectivity index (χ2n) is 3.36. The van der Waals surface area contributed by atoms with E-state index >= 15 is 0 Å². The van der Waals surface area contributed by atoms with Crippen molar-refractivity contribution < 1.29 is 0 Å². The number of nitrogens with one attached hydrogen (secondary N) is 1. The highest BCUT2D eigenvalue weighted by Gasteiger charge is 2.01. The fourth-order valence-electron chi connectivity index (χ4n) is 1.32. The van der Waals surface area contributed by atoms with Crippen molar-refractivity contribution in [2.24, 2.45) is 7.05 Å². The Morgan fingerprint density at radius 1 is 1.25 bits per heavy atom. The van der Waals surface area contributed by atoms with Crippen LogP contribution in [0.1, 0.15) is 5.69 Å². The highest BCUT2D eigenvalue weighted by atomic mass is 35.5. The molecule has 4 nitrogen and oxygen atoms in total. The Morgan fingerprint density at radius 3 is 2.50 bits per heavy atom. The molecule has 0 aliphatic rings. The van der Waals surface area contributed by atoms with Crippen LogP contribution in [-0.4, -0.2) is 15.0 Å². The van der Waals surface area contributed by atoms with Crippen LogP contribution in [0.15, 0.2) is 24.4 Å². The predicted octanol–water partition coefficient (Wildman–Crippen LogP) is 2.73. The Bertz CT molecular complexity index is 475. The number of nitrogens with zero attached hydrogens (tertiary/aromatic N) is 3. The molecule has 2 rings (SSSR count). The largest absolute Gasteiger partial charge is 0.379 e. The number of rotatable bonds is 3. The minimum absolute atomic E-state index is 0.609. The van der Waals surface area contributed by atoms with Crippen molar-refractivity contribution in [3.8, 4) is 0 Å². The van der Waals surface area contributed by atoms with Gasteiger partial charge in [0.15, 0.2) is 0 Å². The molecule has 2 aromatic rings. The van der Waals surface area contributed by atoms with Gasteiger partial charge in [0.25, 0.3) is 0 Å². The summed E-state index contributed by atoms with van der Waals surface area (Å²) in [4.78, 5) is 0. The number of halogens is 2. The number of benzene rings is 1. The van der Waals surface area contributed by atoms with E-state index in [1.165, 1.54) is 0 Å². The van der Waals surface area contributed by atoms with Crippen LogP contribution in [0.25, 0.3) is 0 Å². The second-order valence-corrected chi connectivity index (χ2v) is 4.23. The summed E-state index contributed by atoms with van der Waals surface area (Å²) in [7, 11) is 1.84. The van der Waals surface area contributed by atoms with Crippen LogP contribution in [0, 0.1) is 0 Å². The summed E-state index contributed by atoms with van der Waals surface area (Å²) in [5.74, 6) is 0. The molecule has 84 valence electrons. The molecule has 0 bridgehead atoms. The van der Waals surface area contributed by atoms with Crippen molar-refractivity contribution >= 4 is 28.9 Å². The van der Waals surface area contributed by atoms with Gasteiger partial charge in [-0.2, -0.15) is 0 Å². The van der Waals surface area contributed by atoms with Crippen molar-refractivity contribution in [1.29, 1.82) is 0 Å². The van der Waals surface area contributed by atoms with Gasteiger partial charge in [0.1, 0.15) is 0 Å². The van der Waals surface area contributed by atoms with Crippen LogP contribution >= 0.6 is 23.2 Å². The third-order valence-corrected chi connectivity index (χ3v) is 2.58. The average molecular weight is 257 g/mol. The molecule has 0 unspecified atom stereocenters. The van der Waals surface area contributed by atoms with Gasteiger partial charge < -0.3 is 5.32 Å². The zero-order valence-corrected chi connectivity index (χ0v) is 10.1. The topological polar surface area (TPSA) is 42.7 Å².